The lowest BCUT2D eigenvalue weighted by Crippen LogP contribution is -2.36. The zero-order valence-corrected chi connectivity index (χ0v) is 7.82. The number of nitrogens with zero attached hydrogens (tertiary/aromatic N) is 1. The van der Waals surface area contributed by atoms with Crippen molar-refractivity contribution >= 4 is 6.21 Å². The third-order valence-electron chi connectivity index (χ3n) is 2.16. The molecule has 0 amide bonds. The molecule has 0 saturated carbocycles. The standard InChI is InChI=1S/C7H15N5O2/c8-3-7(12(13)14)1-2-9-6-4-10-11-5-6/h3,6-11H,1-2,4-5H2. The van der Waals surface area contributed by atoms with Gasteiger partial charge in [-0.15, -0.1) is 0 Å². The zero-order chi connectivity index (χ0) is 10.4. The van der Waals surface area contributed by atoms with Gasteiger partial charge in [-0.05, 0) is 0 Å². The van der Waals surface area contributed by atoms with Gasteiger partial charge in [0.15, 0.2) is 0 Å². The van der Waals surface area contributed by atoms with Crippen molar-refractivity contribution in [2.75, 3.05) is 19.6 Å². The van der Waals surface area contributed by atoms with E-state index in [1.165, 1.54) is 0 Å². The lowest BCUT2D eigenvalue weighted by Gasteiger charge is -2.10. The van der Waals surface area contributed by atoms with E-state index in [0.29, 0.717) is 19.0 Å². The van der Waals surface area contributed by atoms with Crippen molar-refractivity contribution < 1.29 is 4.92 Å². The Morgan fingerprint density at radius 3 is 2.79 bits per heavy atom. The molecule has 4 N–H and O–H groups in total. The Bertz CT molecular complexity index is 204. The van der Waals surface area contributed by atoms with Crippen LogP contribution in [0.1, 0.15) is 6.42 Å². The minimum absolute atomic E-state index is 0.327. The van der Waals surface area contributed by atoms with E-state index in [9.17, 15) is 10.1 Å². The molecule has 14 heavy (non-hydrogen) atoms. The molecule has 0 aliphatic carbocycles. The Hall–Kier alpha value is -1.05. The molecule has 1 aliphatic rings. The first-order valence-corrected chi connectivity index (χ1v) is 4.57. The van der Waals surface area contributed by atoms with E-state index in [1.54, 1.807) is 0 Å². The molecular weight excluding hydrogens is 186 g/mol. The third-order valence-corrected chi connectivity index (χ3v) is 2.16. The molecule has 1 heterocycles. The summed E-state index contributed by atoms with van der Waals surface area (Å²) in [5.41, 5.74) is 5.91. The van der Waals surface area contributed by atoms with Crippen LogP contribution in [0.3, 0.4) is 0 Å². The molecule has 1 saturated heterocycles. The molecule has 0 aromatic rings. The van der Waals surface area contributed by atoms with Crippen LogP contribution in [-0.4, -0.2) is 42.9 Å². The summed E-state index contributed by atoms with van der Waals surface area (Å²) in [5.74, 6) is 0. The van der Waals surface area contributed by atoms with E-state index in [1.807, 2.05) is 0 Å². The second-order valence-corrected chi connectivity index (χ2v) is 3.22. The van der Waals surface area contributed by atoms with Crippen LogP contribution in [0.25, 0.3) is 0 Å². The Morgan fingerprint density at radius 2 is 2.29 bits per heavy atom. The Morgan fingerprint density at radius 1 is 1.64 bits per heavy atom. The van der Waals surface area contributed by atoms with Crippen molar-refractivity contribution in [2.45, 2.75) is 18.5 Å². The predicted molar refractivity (Wildman–Crippen MR) is 52.0 cm³/mol. The molecule has 1 rings (SSSR count). The second-order valence-electron chi connectivity index (χ2n) is 3.22. The summed E-state index contributed by atoms with van der Waals surface area (Å²) in [6.45, 7) is 2.22. The smallest absolute Gasteiger partial charge is 0.248 e. The molecule has 0 aromatic heterocycles. The number of hydrogen-bond acceptors (Lipinski definition) is 6. The summed E-state index contributed by atoms with van der Waals surface area (Å²) in [7, 11) is 0. The van der Waals surface area contributed by atoms with Crippen LogP contribution in [0.4, 0.5) is 0 Å². The number of nitrogens with one attached hydrogen (secondary N) is 4. The lowest BCUT2D eigenvalue weighted by atomic mass is 10.2. The molecule has 1 atom stereocenters. The molecule has 80 valence electrons. The predicted octanol–water partition coefficient (Wildman–Crippen LogP) is -1.26. The van der Waals surface area contributed by atoms with Gasteiger partial charge in [-0.3, -0.25) is 21.0 Å². The number of nitro groups is 1. The van der Waals surface area contributed by atoms with E-state index < -0.39 is 11.0 Å². The first kappa shape index (κ1) is 11.0. The molecule has 0 radical (unpaired) electrons. The third kappa shape index (κ3) is 3.36. The average Bonchev–Trinajstić information content (AvgIpc) is 2.64. The first-order chi connectivity index (χ1) is 6.74. The van der Waals surface area contributed by atoms with Crippen LogP contribution in [0.5, 0.6) is 0 Å². The number of hydrogen-bond donors (Lipinski definition) is 4. The first-order valence-electron chi connectivity index (χ1n) is 4.57. The summed E-state index contributed by atoms with van der Waals surface area (Å²) in [6.07, 6.45) is 1.25. The van der Waals surface area contributed by atoms with Crippen molar-refractivity contribution in [3.05, 3.63) is 10.1 Å². The number of hydrazine groups is 1. The summed E-state index contributed by atoms with van der Waals surface area (Å²) in [5, 5.41) is 20.4. The summed E-state index contributed by atoms with van der Waals surface area (Å²) >= 11 is 0. The molecule has 0 spiro atoms. The monoisotopic (exact) mass is 201 g/mol. The highest BCUT2D eigenvalue weighted by molar-refractivity contribution is 5.58. The van der Waals surface area contributed by atoms with Gasteiger partial charge in [0.05, 0.1) is 6.21 Å². The van der Waals surface area contributed by atoms with Crippen molar-refractivity contribution in [1.82, 2.24) is 16.2 Å². The van der Waals surface area contributed by atoms with Gasteiger partial charge in [0.25, 0.3) is 0 Å². The fourth-order valence-corrected chi connectivity index (χ4v) is 1.29. The average molecular weight is 201 g/mol. The van der Waals surface area contributed by atoms with Crippen LogP contribution in [0, 0.1) is 15.5 Å². The molecular formula is C7H15N5O2. The van der Waals surface area contributed by atoms with Crippen molar-refractivity contribution in [3.8, 4) is 0 Å². The minimum atomic E-state index is -0.857. The van der Waals surface area contributed by atoms with Gasteiger partial charge >= 0.3 is 0 Å². The highest BCUT2D eigenvalue weighted by Crippen LogP contribution is 1.93. The van der Waals surface area contributed by atoms with Gasteiger partial charge in [-0.2, -0.15) is 0 Å². The molecule has 1 aliphatic heterocycles. The van der Waals surface area contributed by atoms with Gasteiger partial charge < -0.3 is 10.7 Å². The largest absolute Gasteiger partial charge is 0.311 e. The second kappa shape index (κ2) is 5.63. The molecule has 0 bridgehead atoms. The lowest BCUT2D eigenvalue weighted by molar-refractivity contribution is -0.502. The van der Waals surface area contributed by atoms with Crippen LogP contribution < -0.4 is 16.2 Å². The number of rotatable bonds is 6. The Labute approximate surface area is 81.9 Å². The van der Waals surface area contributed by atoms with E-state index in [-0.39, 0.29) is 0 Å². The summed E-state index contributed by atoms with van der Waals surface area (Å²) in [4.78, 5) is 9.93. The van der Waals surface area contributed by atoms with Gasteiger partial charge in [0, 0.05) is 37.0 Å². The zero-order valence-electron chi connectivity index (χ0n) is 7.82. The summed E-state index contributed by atoms with van der Waals surface area (Å²) in [6, 6.07) is -0.530. The van der Waals surface area contributed by atoms with Crippen LogP contribution >= 0.6 is 0 Å². The highest BCUT2D eigenvalue weighted by atomic mass is 16.6. The van der Waals surface area contributed by atoms with Gasteiger partial charge in [-0.25, -0.2) is 0 Å². The van der Waals surface area contributed by atoms with E-state index in [4.69, 9.17) is 5.41 Å². The maximum absolute atomic E-state index is 10.4. The Kier molecular flexibility index (Phi) is 4.44. The minimum Gasteiger partial charge on any atom is -0.311 e. The van der Waals surface area contributed by atoms with E-state index in [2.05, 4.69) is 16.2 Å². The maximum Gasteiger partial charge on any atom is 0.248 e. The van der Waals surface area contributed by atoms with Crippen molar-refractivity contribution in [3.63, 3.8) is 0 Å². The SMILES string of the molecule is N=CC(CCNC1CNNC1)[N+](=O)[O-]. The molecule has 1 fully saturated rings. The summed E-state index contributed by atoms with van der Waals surface area (Å²) < 4.78 is 0. The van der Waals surface area contributed by atoms with Gasteiger partial charge in [-0.1, -0.05) is 0 Å². The van der Waals surface area contributed by atoms with E-state index in [0.717, 1.165) is 19.3 Å². The van der Waals surface area contributed by atoms with E-state index >= 15 is 0 Å². The Balaban J connectivity index is 2.12. The van der Waals surface area contributed by atoms with Crippen LogP contribution in [0.2, 0.25) is 0 Å². The normalized spacial score (nSPS) is 19.4. The highest BCUT2D eigenvalue weighted by Gasteiger charge is 2.18. The van der Waals surface area contributed by atoms with Gasteiger partial charge in [0.2, 0.25) is 6.04 Å². The molecule has 7 nitrogen and oxygen atoms in total. The molecule has 0 aromatic carbocycles. The fourth-order valence-electron chi connectivity index (χ4n) is 1.29. The van der Waals surface area contributed by atoms with Crippen LogP contribution in [0.15, 0.2) is 0 Å². The van der Waals surface area contributed by atoms with Crippen molar-refractivity contribution in [1.29, 1.82) is 5.41 Å². The van der Waals surface area contributed by atoms with Crippen LogP contribution in [-0.2, 0) is 0 Å². The van der Waals surface area contributed by atoms with Crippen molar-refractivity contribution in [2.24, 2.45) is 0 Å². The maximum atomic E-state index is 10.4. The quantitative estimate of drug-likeness (QED) is 0.244. The molecule has 1 unspecified atom stereocenters. The molecule has 7 heteroatoms. The topological polar surface area (TPSA) is 103 Å². The van der Waals surface area contributed by atoms with Gasteiger partial charge in [0.1, 0.15) is 0 Å². The fraction of sp³-hybridized carbons (Fsp3) is 0.857.